The highest BCUT2D eigenvalue weighted by Gasteiger charge is 2.38. The van der Waals surface area contributed by atoms with Gasteiger partial charge >= 0.3 is 0 Å². The van der Waals surface area contributed by atoms with Crippen molar-refractivity contribution in [3.8, 4) is 0 Å². The summed E-state index contributed by atoms with van der Waals surface area (Å²) in [7, 11) is 1.73. The largest absolute Gasteiger partial charge is 0.356 e. The zero-order chi connectivity index (χ0) is 20.3. The molecule has 2 N–H and O–H groups in total. The lowest BCUT2D eigenvalue weighted by Gasteiger charge is -2.43. The first kappa shape index (κ1) is 19.2. The standard InChI is InChI=1S/C23H26N4O2/c1-24-22(26-16-23(12-7-13-23)17-8-3-2-4-9-17)25-14-15-27-20(28)18-10-5-6-11-19(18)21(27)29/h2-6,8-11H,7,12-16H2,1H3,(H2,24,25,26). The van der Waals surface area contributed by atoms with Crippen LogP contribution in [0.3, 0.4) is 0 Å². The van der Waals surface area contributed by atoms with Gasteiger partial charge in [-0.2, -0.15) is 0 Å². The van der Waals surface area contributed by atoms with Crippen molar-refractivity contribution < 1.29 is 9.59 Å². The summed E-state index contributed by atoms with van der Waals surface area (Å²) in [4.78, 5) is 30.5. The SMILES string of the molecule is CN=C(NCCN1C(=O)c2ccccc2C1=O)NCC1(c2ccccc2)CCC1. The Morgan fingerprint density at radius 3 is 2.14 bits per heavy atom. The molecule has 6 heteroatoms. The molecule has 0 spiro atoms. The molecule has 150 valence electrons. The molecule has 1 fully saturated rings. The van der Waals surface area contributed by atoms with E-state index in [9.17, 15) is 9.59 Å². The predicted octanol–water partition coefficient (Wildman–Crippen LogP) is 2.57. The maximum Gasteiger partial charge on any atom is 0.261 e. The minimum atomic E-state index is -0.229. The number of amides is 2. The molecule has 0 radical (unpaired) electrons. The van der Waals surface area contributed by atoms with Crippen molar-refractivity contribution in [3.63, 3.8) is 0 Å². The molecule has 1 aliphatic heterocycles. The van der Waals surface area contributed by atoms with E-state index in [-0.39, 0.29) is 17.2 Å². The number of aliphatic imine (C=N–C) groups is 1. The molecule has 6 nitrogen and oxygen atoms in total. The molecule has 0 unspecified atom stereocenters. The van der Waals surface area contributed by atoms with Crippen LogP contribution in [-0.2, 0) is 5.41 Å². The maximum absolute atomic E-state index is 12.4. The van der Waals surface area contributed by atoms with Gasteiger partial charge in [0.05, 0.1) is 11.1 Å². The quantitative estimate of drug-likeness (QED) is 0.452. The molecule has 4 rings (SSSR count). The number of nitrogens with one attached hydrogen (secondary N) is 2. The smallest absolute Gasteiger partial charge is 0.261 e. The van der Waals surface area contributed by atoms with Gasteiger partial charge in [0.25, 0.3) is 11.8 Å². The summed E-state index contributed by atoms with van der Waals surface area (Å²) in [5, 5.41) is 6.66. The summed E-state index contributed by atoms with van der Waals surface area (Å²) in [6, 6.07) is 17.6. The molecule has 2 aliphatic rings. The van der Waals surface area contributed by atoms with Gasteiger partial charge in [0.15, 0.2) is 5.96 Å². The summed E-state index contributed by atoms with van der Waals surface area (Å²) in [6.45, 7) is 1.56. The van der Waals surface area contributed by atoms with Gasteiger partial charge in [-0.05, 0) is 30.5 Å². The van der Waals surface area contributed by atoms with E-state index in [2.05, 4.69) is 39.9 Å². The summed E-state index contributed by atoms with van der Waals surface area (Å²) in [6.07, 6.45) is 3.56. The van der Waals surface area contributed by atoms with Crippen molar-refractivity contribution in [1.82, 2.24) is 15.5 Å². The molecule has 1 aliphatic carbocycles. The first-order valence-corrected chi connectivity index (χ1v) is 10.1. The topological polar surface area (TPSA) is 73.8 Å². The van der Waals surface area contributed by atoms with Crippen LogP contribution >= 0.6 is 0 Å². The minimum absolute atomic E-state index is 0.154. The van der Waals surface area contributed by atoms with Crippen LogP contribution in [0, 0.1) is 0 Å². The lowest BCUT2D eigenvalue weighted by Crippen LogP contribution is -2.50. The summed E-state index contributed by atoms with van der Waals surface area (Å²) >= 11 is 0. The normalized spacial score (nSPS) is 17.7. The van der Waals surface area contributed by atoms with Crippen LogP contribution in [0.2, 0.25) is 0 Å². The molecule has 2 amide bonds. The molecule has 0 atom stereocenters. The molecule has 29 heavy (non-hydrogen) atoms. The molecule has 1 heterocycles. The van der Waals surface area contributed by atoms with E-state index in [1.54, 1.807) is 31.3 Å². The third-order valence-corrected chi connectivity index (χ3v) is 6.02. The second kappa shape index (κ2) is 8.07. The number of hydrogen-bond acceptors (Lipinski definition) is 3. The molecule has 0 saturated heterocycles. The zero-order valence-corrected chi connectivity index (χ0v) is 16.6. The molecule has 2 aromatic rings. The van der Waals surface area contributed by atoms with Crippen LogP contribution in [0.1, 0.15) is 45.5 Å². The Kier molecular flexibility index (Phi) is 5.34. The Morgan fingerprint density at radius 2 is 1.59 bits per heavy atom. The number of benzene rings is 2. The van der Waals surface area contributed by atoms with Crippen LogP contribution < -0.4 is 10.6 Å². The van der Waals surface area contributed by atoms with Crippen molar-refractivity contribution in [2.24, 2.45) is 4.99 Å². The number of imide groups is 1. The molecular weight excluding hydrogens is 364 g/mol. The zero-order valence-electron chi connectivity index (χ0n) is 16.6. The van der Waals surface area contributed by atoms with E-state index >= 15 is 0 Å². The van der Waals surface area contributed by atoms with Crippen molar-refractivity contribution in [1.29, 1.82) is 0 Å². The third kappa shape index (κ3) is 3.62. The molecule has 1 saturated carbocycles. The fourth-order valence-corrected chi connectivity index (χ4v) is 4.16. The fourth-order valence-electron chi connectivity index (χ4n) is 4.16. The Balaban J connectivity index is 1.31. The number of guanidine groups is 1. The third-order valence-electron chi connectivity index (χ3n) is 6.02. The van der Waals surface area contributed by atoms with Gasteiger partial charge in [0, 0.05) is 32.1 Å². The Labute approximate surface area is 171 Å². The Bertz CT molecular complexity index is 900. The van der Waals surface area contributed by atoms with Crippen molar-refractivity contribution in [2.75, 3.05) is 26.7 Å². The number of nitrogens with zero attached hydrogens (tertiary/aromatic N) is 2. The highest BCUT2D eigenvalue weighted by Crippen LogP contribution is 2.43. The van der Waals surface area contributed by atoms with E-state index in [0.717, 1.165) is 19.4 Å². The van der Waals surface area contributed by atoms with Gasteiger partial charge in [-0.25, -0.2) is 0 Å². The minimum Gasteiger partial charge on any atom is -0.356 e. The molecular formula is C23H26N4O2. The van der Waals surface area contributed by atoms with Gasteiger partial charge in [-0.3, -0.25) is 19.5 Å². The van der Waals surface area contributed by atoms with Gasteiger partial charge in [0.1, 0.15) is 0 Å². The second-order valence-electron chi connectivity index (χ2n) is 7.66. The lowest BCUT2D eigenvalue weighted by molar-refractivity contribution is 0.0657. The average molecular weight is 390 g/mol. The van der Waals surface area contributed by atoms with Crippen LogP contribution in [0.4, 0.5) is 0 Å². The molecule has 2 aromatic carbocycles. The fraction of sp³-hybridized carbons (Fsp3) is 0.348. The van der Waals surface area contributed by atoms with Crippen LogP contribution in [0.25, 0.3) is 0 Å². The lowest BCUT2D eigenvalue weighted by atomic mass is 9.64. The number of carbonyl (C=O) groups excluding carboxylic acids is 2. The van der Waals surface area contributed by atoms with Gasteiger partial charge in [0.2, 0.25) is 0 Å². The van der Waals surface area contributed by atoms with E-state index in [4.69, 9.17) is 0 Å². The van der Waals surface area contributed by atoms with Gasteiger partial charge < -0.3 is 10.6 Å². The van der Waals surface area contributed by atoms with Crippen LogP contribution in [0.5, 0.6) is 0 Å². The van der Waals surface area contributed by atoms with Crippen LogP contribution in [0.15, 0.2) is 59.6 Å². The highest BCUT2D eigenvalue weighted by molar-refractivity contribution is 6.21. The van der Waals surface area contributed by atoms with E-state index in [1.807, 2.05) is 6.07 Å². The average Bonchev–Trinajstić information content (AvgIpc) is 2.97. The van der Waals surface area contributed by atoms with Gasteiger partial charge in [-0.15, -0.1) is 0 Å². The number of hydrogen-bond donors (Lipinski definition) is 2. The highest BCUT2D eigenvalue weighted by atomic mass is 16.2. The monoisotopic (exact) mass is 390 g/mol. The predicted molar refractivity (Wildman–Crippen MR) is 113 cm³/mol. The van der Waals surface area contributed by atoms with E-state index in [0.29, 0.717) is 30.2 Å². The van der Waals surface area contributed by atoms with Gasteiger partial charge in [-0.1, -0.05) is 48.9 Å². The summed E-state index contributed by atoms with van der Waals surface area (Å²) in [5.41, 5.74) is 2.48. The maximum atomic E-state index is 12.4. The van der Waals surface area contributed by atoms with Crippen LogP contribution in [-0.4, -0.2) is 49.4 Å². The number of fused-ring (bicyclic) bond motifs is 1. The van der Waals surface area contributed by atoms with E-state index < -0.39 is 0 Å². The van der Waals surface area contributed by atoms with E-state index in [1.165, 1.54) is 16.9 Å². The van der Waals surface area contributed by atoms with Crippen molar-refractivity contribution in [3.05, 3.63) is 71.3 Å². The van der Waals surface area contributed by atoms with Crippen molar-refractivity contribution >= 4 is 17.8 Å². The molecule has 0 bridgehead atoms. The molecule has 0 aromatic heterocycles. The number of rotatable bonds is 6. The number of carbonyl (C=O) groups is 2. The second-order valence-corrected chi connectivity index (χ2v) is 7.66. The first-order chi connectivity index (χ1) is 14.1. The van der Waals surface area contributed by atoms with Crippen molar-refractivity contribution in [2.45, 2.75) is 24.7 Å². The Hall–Kier alpha value is -3.15. The summed E-state index contributed by atoms with van der Waals surface area (Å²) < 4.78 is 0. The summed E-state index contributed by atoms with van der Waals surface area (Å²) in [5.74, 6) is 0.226. The Morgan fingerprint density at radius 1 is 0.966 bits per heavy atom. The first-order valence-electron chi connectivity index (χ1n) is 10.1.